The van der Waals surface area contributed by atoms with Gasteiger partial charge in [-0.15, -0.1) is 24.0 Å². The maximum Gasteiger partial charge on any atom is 0.185 e. The minimum Gasteiger partial charge on any atom is -0.370 e. The average molecular weight is 372 g/mol. The van der Waals surface area contributed by atoms with Gasteiger partial charge in [0.15, 0.2) is 5.96 Å². The summed E-state index contributed by atoms with van der Waals surface area (Å²) in [6, 6.07) is 4.31. The highest BCUT2D eigenvalue weighted by molar-refractivity contribution is 14.0. The van der Waals surface area contributed by atoms with Crippen molar-refractivity contribution in [2.75, 3.05) is 6.54 Å². The van der Waals surface area contributed by atoms with Crippen LogP contribution in [0.2, 0.25) is 5.02 Å². The molecule has 0 bridgehead atoms. The van der Waals surface area contributed by atoms with E-state index in [4.69, 9.17) is 23.1 Å². The zero-order valence-electron chi connectivity index (χ0n) is 9.71. The van der Waals surface area contributed by atoms with Crippen molar-refractivity contribution in [1.82, 2.24) is 0 Å². The van der Waals surface area contributed by atoms with E-state index in [0.29, 0.717) is 11.6 Å². The molecule has 1 aromatic carbocycles. The second-order valence-electron chi connectivity index (χ2n) is 4.25. The van der Waals surface area contributed by atoms with Gasteiger partial charge in [-0.1, -0.05) is 31.5 Å². The summed E-state index contributed by atoms with van der Waals surface area (Å²) in [5.41, 5.74) is 11.0. The first kappa shape index (κ1) is 16.4. The largest absolute Gasteiger partial charge is 0.370 e. The van der Waals surface area contributed by atoms with E-state index >= 15 is 0 Å². The van der Waals surface area contributed by atoms with E-state index in [1.165, 1.54) is 12.1 Å². The third-order valence-corrected chi connectivity index (χ3v) is 2.63. The molecule has 0 radical (unpaired) electrons. The van der Waals surface area contributed by atoms with Gasteiger partial charge in [0.1, 0.15) is 5.82 Å². The van der Waals surface area contributed by atoms with Crippen molar-refractivity contribution in [3.05, 3.63) is 34.6 Å². The molecule has 0 aliphatic carbocycles. The Bertz CT molecular complexity index is 417. The predicted molar refractivity (Wildman–Crippen MR) is 80.5 cm³/mol. The van der Waals surface area contributed by atoms with Crippen LogP contribution in [0.25, 0.3) is 0 Å². The minimum absolute atomic E-state index is 0. The van der Waals surface area contributed by atoms with Gasteiger partial charge in [-0.05, 0) is 17.7 Å². The average Bonchev–Trinajstić information content (AvgIpc) is 2.14. The third kappa shape index (κ3) is 4.67. The number of nitrogens with two attached hydrogens (primary N) is 2. The smallest absolute Gasteiger partial charge is 0.185 e. The fourth-order valence-corrected chi connectivity index (χ4v) is 1.84. The van der Waals surface area contributed by atoms with Crippen LogP contribution in [0.3, 0.4) is 0 Å². The van der Waals surface area contributed by atoms with Crippen LogP contribution in [0.5, 0.6) is 0 Å². The Balaban J connectivity index is 0.00000256. The summed E-state index contributed by atoms with van der Waals surface area (Å²) < 4.78 is 12.9. The molecule has 0 saturated heterocycles. The zero-order valence-corrected chi connectivity index (χ0v) is 12.8. The number of aliphatic imine (C=N–C) groups is 1. The molecule has 0 fully saturated rings. The minimum atomic E-state index is -0.355. The number of halogens is 3. The lowest BCUT2D eigenvalue weighted by molar-refractivity contribution is 0.537. The van der Waals surface area contributed by atoms with Gasteiger partial charge in [0.05, 0.1) is 6.54 Å². The quantitative estimate of drug-likeness (QED) is 0.487. The first-order valence-corrected chi connectivity index (χ1v) is 5.21. The summed E-state index contributed by atoms with van der Waals surface area (Å²) in [7, 11) is 0. The molecule has 96 valence electrons. The highest BCUT2D eigenvalue weighted by Gasteiger charge is 2.23. The van der Waals surface area contributed by atoms with Crippen LogP contribution in [0, 0.1) is 5.82 Å². The van der Waals surface area contributed by atoms with Gasteiger partial charge in [-0.3, -0.25) is 4.99 Å². The summed E-state index contributed by atoms with van der Waals surface area (Å²) in [5, 5.41) is 0.385. The first-order chi connectivity index (χ1) is 7.33. The molecule has 0 aliphatic heterocycles. The number of hydrogen-bond acceptors (Lipinski definition) is 1. The Morgan fingerprint density at radius 2 is 2.00 bits per heavy atom. The standard InChI is InChI=1S/C11H15ClFN3.HI/c1-11(2,6-16-10(14)15)8-4-3-7(13)5-9(8)12;/h3-5H,6H2,1-2H3,(H4,14,15,16);1H. The predicted octanol–water partition coefficient (Wildman–Crippen LogP) is 2.65. The molecule has 6 heteroatoms. The second-order valence-corrected chi connectivity index (χ2v) is 4.66. The second kappa shape index (κ2) is 6.39. The topological polar surface area (TPSA) is 64.4 Å². The molecule has 0 aromatic heterocycles. The van der Waals surface area contributed by atoms with Crippen molar-refractivity contribution in [3.63, 3.8) is 0 Å². The molecule has 0 heterocycles. The molecule has 1 aromatic rings. The molecule has 17 heavy (non-hydrogen) atoms. The normalized spacial score (nSPS) is 10.6. The summed E-state index contributed by atoms with van der Waals surface area (Å²) >= 11 is 5.98. The summed E-state index contributed by atoms with van der Waals surface area (Å²) in [6.07, 6.45) is 0. The number of rotatable bonds is 3. The number of nitrogens with zero attached hydrogens (tertiary/aromatic N) is 1. The van der Waals surface area contributed by atoms with Crippen molar-refractivity contribution < 1.29 is 4.39 Å². The lowest BCUT2D eigenvalue weighted by Crippen LogP contribution is -2.28. The highest BCUT2D eigenvalue weighted by atomic mass is 127. The monoisotopic (exact) mass is 371 g/mol. The number of benzene rings is 1. The Labute approximate surface area is 122 Å². The van der Waals surface area contributed by atoms with Crippen LogP contribution in [-0.2, 0) is 5.41 Å². The molecule has 3 nitrogen and oxygen atoms in total. The number of hydrogen-bond donors (Lipinski definition) is 2. The molecule has 0 aliphatic rings. The van der Waals surface area contributed by atoms with Crippen LogP contribution >= 0.6 is 35.6 Å². The van der Waals surface area contributed by atoms with Gasteiger partial charge in [-0.2, -0.15) is 0 Å². The van der Waals surface area contributed by atoms with E-state index in [1.807, 2.05) is 13.8 Å². The highest BCUT2D eigenvalue weighted by Crippen LogP contribution is 2.30. The first-order valence-electron chi connectivity index (χ1n) is 4.84. The van der Waals surface area contributed by atoms with E-state index in [2.05, 4.69) is 4.99 Å². The molecule has 0 amide bonds. The lowest BCUT2D eigenvalue weighted by atomic mass is 9.84. The molecule has 0 saturated carbocycles. The molecule has 0 atom stereocenters. The summed E-state index contributed by atoms with van der Waals surface area (Å²) in [4.78, 5) is 3.96. The Hall–Kier alpha value is -0.560. The van der Waals surface area contributed by atoms with Gasteiger partial charge in [0.25, 0.3) is 0 Å². The Morgan fingerprint density at radius 1 is 1.41 bits per heavy atom. The van der Waals surface area contributed by atoms with Crippen molar-refractivity contribution in [2.24, 2.45) is 16.5 Å². The van der Waals surface area contributed by atoms with Crippen LogP contribution in [0.1, 0.15) is 19.4 Å². The van der Waals surface area contributed by atoms with Crippen LogP contribution in [-0.4, -0.2) is 12.5 Å². The van der Waals surface area contributed by atoms with E-state index in [-0.39, 0.29) is 41.2 Å². The Kier molecular flexibility index (Phi) is 6.18. The fraction of sp³-hybridized carbons (Fsp3) is 0.364. The third-order valence-electron chi connectivity index (χ3n) is 2.32. The molecule has 4 N–H and O–H groups in total. The van der Waals surface area contributed by atoms with E-state index in [1.54, 1.807) is 6.07 Å². The van der Waals surface area contributed by atoms with E-state index in [0.717, 1.165) is 5.56 Å². The fourth-order valence-electron chi connectivity index (χ4n) is 1.41. The van der Waals surface area contributed by atoms with E-state index < -0.39 is 0 Å². The van der Waals surface area contributed by atoms with Crippen molar-refractivity contribution in [1.29, 1.82) is 0 Å². The molecular weight excluding hydrogens is 355 g/mol. The van der Waals surface area contributed by atoms with Crippen molar-refractivity contribution in [2.45, 2.75) is 19.3 Å². The van der Waals surface area contributed by atoms with Crippen molar-refractivity contribution >= 4 is 41.5 Å². The molecule has 0 unspecified atom stereocenters. The van der Waals surface area contributed by atoms with Gasteiger partial charge < -0.3 is 11.5 Å². The maximum absolute atomic E-state index is 12.9. The van der Waals surface area contributed by atoms with Crippen LogP contribution in [0.4, 0.5) is 4.39 Å². The molecular formula is C11H16ClFIN3. The zero-order chi connectivity index (χ0) is 12.3. The van der Waals surface area contributed by atoms with Crippen LogP contribution < -0.4 is 11.5 Å². The van der Waals surface area contributed by atoms with E-state index in [9.17, 15) is 4.39 Å². The lowest BCUT2D eigenvalue weighted by Gasteiger charge is -2.24. The Morgan fingerprint density at radius 3 is 2.47 bits per heavy atom. The van der Waals surface area contributed by atoms with Gasteiger partial charge in [0, 0.05) is 10.4 Å². The summed E-state index contributed by atoms with van der Waals surface area (Å²) in [5.74, 6) is -0.322. The van der Waals surface area contributed by atoms with Crippen LogP contribution in [0.15, 0.2) is 23.2 Å². The van der Waals surface area contributed by atoms with Gasteiger partial charge >= 0.3 is 0 Å². The summed E-state index contributed by atoms with van der Waals surface area (Å²) in [6.45, 7) is 4.29. The number of guanidine groups is 1. The maximum atomic E-state index is 12.9. The van der Waals surface area contributed by atoms with Gasteiger partial charge in [0.2, 0.25) is 0 Å². The SMILES string of the molecule is CC(C)(CN=C(N)N)c1ccc(F)cc1Cl.I. The van der Waals surface area contributed by atoms with Crippen molar-refractivity contribution in [3.8, 4) is 0 Å². The van der Waals surface area contributed by atoms with Gasteiger partial charge in [-0.25, -0.2) is 4.39 Å². The molecule has 1 rings (SSSR count). The molecule has 0 spiro atoms.